The molecule has 1 radical (unpaired) electrons. The van der Waals surface area contributed by atoms with Gasteiger partial charge in [0.2, 0.25) is 0 Å². The largest absolute Gasteiger partial charge is 2.00 e. The average molecular weight is 470 g/mol. The first-order valence-corrected chi connectivity index (χ1v) is 11.3. The van der Waals surface area contributed by atoms with E-state index >= 15 is 0 Å². The van der Waals surface area contributed by atoms with Crippen molar-refractivity contribution in [3.8, 4) is 0 Å². The predicted molar refractivity (Wildman–Crippen MR) is 125 cm³/mol. The first-order valence-electron chi connectivity index (χ1n) is 10.5. The first-order chi connectivity index (χ1) is 14.1. The third-order valence-corrected chi connectivity index (χ3v) is 5.86. The van der Waals surface area contributed by atoms with E-state index in [1.807, 2.05) is 6.08 Å². The van der Waals surface area contributed by atoms with Gasteiger partial charge >= 0.3 is 17.1 Å². The van der Waals surface area contributed by atoms with Gasteiger partial charge in [-0.15, -0.1) is 23.5 Å². The van der Waals surface area contributed by atoms with Crippen LogP contribution in [-0.4, -0.2) is 49.3 Å². The fourth-order valence-corrected chi connectivity index (χ4v) is 3.79. The molecular weight excluding hydrogens is 433 g/mol. The van der Waals surface area contributed by atoms with Gasteiger partial charge in [0.05, 0.1) is 12.8 Å². The maximum Gasteiger partial charge on any atom is 2.00 e. The second-order valence-corrected chi connectivity index (χ2v) is 8.40. The van der Waals surface area contributed by atoms with Crippen molar-refractivity contribution >= 4 is 11.3 Å². The van der Waals surface area contributed by atoms with E-state index in [9.17, 15) is 0 Å². The first kappa shape index (κ1) is 26.6. The van der Waals surface area contributed by atoms with Crippen molar-refractivity contribution in [2.45, 2.75) is 38.8 Å². The quantitative estimate of drug-likeness (QED) is 0.256. The van der Waals surface area contributed by atoms with Crippen molar-refractivity contribution in [3.63, 3.8) is 0 Å². The van der Waals surface area contributed by atoms with Gasteiger partial charge in [-0.1, -0.05) is 19.4 Å². The van der Waals surface area contributed by atoms with E-state index in [1.165, 1.54) is 4.88 Å². The van der Waals surface area contributed by atoms with Gasteiger partial charge < -0.3 is 21.9 Å². The van der Waals surface area contributed by atoms with Crippen LogP contribution in [0.1, 0.15) is 31.1 Å². The Hall–Kier alpha value is -1.43. The monoisotopic (exact) mass is 469 g/mol. The van der Waals surface area contributed by atoms with E-state index in [2.05, 4.69) is 85.1 Å². The summed E-state index contributed by atoms with van der Waals surface area (Å²) < 4.78 is 5.97. The molecule has 30 heavy (non-hydrogen) atoms. The third-order valence-electron chi connectivity index (χ3n) is 5.00. The topological polar surface area (TPSA) is 27.7 Å². The number of piperidine rings is 1. The van der Waals surface area contributed by atoms with Crippen LogP contribution in [0.5, 0.6) is 0 Å². The molecule has 0 atom stereocenters. The van der Waals surface area contributed by atoms with Gasteiger partial charge in [-0.05, 0) is 37.9 Å². The molecule has 0 bridgehead atoms. The molecule has 1 aliphatic heterocycles. The number of hydrogen-bond donors (Lipinski definition) is 1. The summed E-state index contributed by atoms with van der Waals surface area (Å²) in [6.07, 6.45) is 13.9. The van der Waals surface area contributed by atoms with Gasteiger partial charge in [0, 0.05) is 24.5 Å². The summed E-state index contributed by atoms with van der Waals surface area (Å²) in [6.45, 7) is 15.1. The molecule has 2 aliphatic rings. The third kappa shape index (κ3) is 10.6. The molecule has 4 nitrogen and oxygen atoms in total. The number of hydrogen-bond acceptors (Lipinski definition) is 5. The molecule has 1 saturated heterocycles. The second-order valence-electron chi connectivity index (χ2n) is 7.37. The predicted octanol–water partition coefficient (Wildman–Crippen LogP) is 4.81. The van der Waals surface area contributed by atoms with Crippen molar-refractivity contribution in [2.24, 2.45) is 0 Å². The Labute approximate surface area is 198 Å². The number of ether oxygens (including phenoxy) is 1. The van der Waals surface area contributed by atoms with Gasteiger partial charge in [-0.3, -0.25) is 11.8 Å². The van der Waals surface area contributed by atoms with E-state index in [0.29, 0.717) is 5.76 Å². The molecule has 1 aromatic heterocycles. The summed E-state index contributed by atoms with van der Waals surface area (Å²) in [5.41, 5.74) is 0.786. The van der Waals surface area contributed by atoms with E-state index in [0.717, 1.165) is 57.8 Å². The van der Waals surface area contributed by atoms with Crippen molar-refractivity contribution in [2.75, 3.05) is 33.4 Å². The number of rotatable bonds is 8. The van der Waals surface area contributed by atoms with Gasteiger partial charge in [-0.25, -0.2) is 24.3 Å². The van der Waals surface area contributed by atoms with Crippen LogP contribution in [0.25, 0.3) is 0 Å². The zero-order chi connectivity index (χ0) is 20.9. The number of likely N-dealkylation sites (tertiary alicyclic amines) is 1. The van der Waals surface area contributed by atoms with E-state index < -0.39 is 0 Å². The fraction of sp³-hybridized carbons (Fsp3) is 0.458. The van der Waals surface area contributed by atoms with Gasteiger partial charge in [0.1, 0.15) is 0 Å². The summed E-state index contributed by atoms with van der Waals surface area (Å²) in [5, 5.41) is 5.46. The molecule has 1 aliphatic carbocycles. The normalized spacial score (nSPS) is 17.3. The molecule has 6 heteroatoms. The van der Waals surface area contributed by atoms with Crippen molar-refractivity contribution in [1.29, 1.82) is 0 Å². The SMILES string of the molecule is C1=C[CH-]CC=C1.[CH2-]/C(NCN(CC)Cc1cccs1)=C(\[CH2-])OC1CCN(C)CC1.[Mn+2]. The standard InChI is InChI=1S/C18H29N3OS.C6H7.Mn/c1-5-21(13-18-7-6-12-23-18)14-19-15(2)16(3)22-17-8-10-20(4)11-9-17;1-2-4-6-5-3-1;/h6-7,12,17,19H,2-3,5,8-11,13-14H2,1,4H3;1-5H,6H2;/q-2;-1;+2/b16-15-;;. The smallest absolute Gasteiger partial charge is 0.610 e. The van der Waals surface area contributed by atoms with E-state index in [1.54, 1.807) is 11.3 Å². The maximum atomic E-state index is 5.97. The molecule has 2 heterocycles. The number of thiophene rings is 1. The molecule has 0 spiro atoms. The molecule has 0 saturated carbocycles. The van der Waals surface area contributed by atoms with Crippen LogP contribution in [0, 0.1) is 20.3 Å². The zero-order valence-corrected chi connectivity index (χ0v) is 20.4. The Morgan fingerprint density at radius 3 is 2.60 bits per heavy atom. The molecule has 1 N–H and O–H groups in total. The molecule has 1 aromatic rings. The Morgan fingerprint density at radius 2 is 2.10 bits per heavy atom. The summed E-state index contributed by atoms with van der Waals surface area (Å²) in [5.74, 6) is 0.673. The van der Waals surface area contributed by atoms with Crippen molar-refractivity contribution < 1.29 is 21.8 Å². The van der Waals surface area contributed by atoms with Crippen LogP contribution < -0.4 is 5.32 Å². The van der Waals surface area contributed by atoms with Crippen LogP contribution in [-0.2, 0) is 28.4 Å². The summed E-state index contributed by atoms with van der Waals surface area (Å²) in [4.78, 5) is 6.04. The van der Waals surface area contributed by atoms with E-state index in [4.69, 9.17) is 4.74 Å². The van der Waals surface area contributed by atoms with Gasteiger partial charge in [-0.2, -0.15) is 5.76 Å². The Bertz CT molecular complexity index is 637. The van der Waals surface area contributed by atoms with Gasteiger partial charge in [0.15, 0.2) is 0 Å². The van der Waals surface area contributed by atoms with Gasteiger partial charge in [0.25, 0.3) is 0 Å². The molecular formula is C24H36MnN3OS-. The minimum Gasteiger partial charge on any atom is -0.610 e. The van der Waals surface area contributed by atoms with Crippen LogP contribution in [0.3, 0.4) is 0 Å². The Balaban J connectivity index is 0.000000552. The molecule has 1 fully saturated rings. The zero-order valence-electron chi connectivity index (χ0n) is 18.4. The number of nitrogens with one attached hydrogen (secondary N) is 1. The molecule has 3 rings (SSSR count). The van der Waals surface area contributed by atoms with E-state index in [-0.39, 0.29) is 23.2 Å². The second kappa shape index (κ2) is 15.4. The van der Waals surface area contributed by atoms with Crippen molar-refractivity contribution in [1.82, 2.24) is 15.1 Å². The summed E-state index contributed by atoms with van der Waals surface area (Å²) in [7, 11) is 2.15. The van der Waals surface area contributed by atoms with Crippen molar-refractivity contribution in [3.05, 3.63) is 78.4 Å². The molecule has 0 amide bonds. The minimum atomic E-state index is 0. The maximum absolute atomic E-state index is 5.97. The number of nitrogens with zero attached hydrogens (tertiary/aromatic N) is 2. The van der Waals surface area contributed by atoms with Crippen LogP contribution in [0.15, 0.2) is 53.3 Å². The Morgan fingerprint density at radius 1 is 1.33 bits per heavy atom. The summed E-state index contributed by atoms with van der Waals surface area (Å²) in [6, 6.07) is 4.27. The van der Waals surface area contributed by atoms with Crippen LogP contribution in [0.2, 0.25) is 0 Å². The number of allylic oxidation sites excluding steroid dienone is 6. The minimum absolute atomic E-state index is 0. The van der Waals surface area contributed by atoms with Crippen LogP contribution >= 0.6 is 11.3 Å². The summed E-state index contributed by atoms with van der Waals surface area (Å²) >= 11 is 1.79. The average Bonchev–Trinajstić information content (AvgIpc) is 3.27. The van der Waals surface area contributed by atoms with Crippen LogP contribution in [0.4, 0.5) is 0 Å². The molecule has 0 unspecified atom stereocenters. The molecule has 167 valence electrons. The molecule has 0 aromatic carbocycles. The fourth-order valence-electron chi connectivity index (χ4n) is 3.04. The Kier molecular flexibility index (Phi) is 13.6.